The fraction of sp³-hybridized carbons (Fsp3) is 0.300. The van der Waals surface area contributed by atoms with E-state index in [2.05, 4.69) is 0 Å². The fourth-order valence-corrected chi connectivity index (χ4v) is 1.57. The number of carbonyl (C=O) groups is 1. The summed E-state index contributed by atoms with van der Waals surface area (Å²) in [6.07, 6.45) is -0.449. The van der Waals surface area contributed by atoms with Gasteiger partial charge >= 0.3 is 6.09 Å². The smallest absolute Gasteiger partial charge is 0.414 e. The molecule has 1 saturated heterocycles. The maximum absolute atomic E-state index is 13.0. The molecule has 1 aliphatic heterocycles. The van der Waals surface area contributed by atoms with E-state index in [4.69, 9.17) is 10.5 Å². The van der Waals surface area contributed by atoms with Crippen LogP contribution >= 0.6 is 12.4 Å². The predicted octanol–water partition coefficient (Wildman–Crippen LogP) is 1.66. The second-order valence-corrected chi connectivity index (χ2v) is 3.24. The SMILES string of the molecule is Cl.NCc1ccc(F)cc1N1CCOC1=O. The number of benzene rings is 1. The second kappa shape index (κ2) is 5.14. The Morgan fingerprint density at radius 1 is 1.50 bits per heavy atom. The summed E-state index contributed by atoms with van der Waals surface area (Å²) in [7, 11) is 0. The van der Waals surface area contributed by atoms with Crippen LogP contribution in [0.4, 0.5) is 14.9 Å². The molecule has 88 valence electrons. The first-order valence-corrected chi connectivity index (χ1v) is 4.65. The lowest BCUT2D eigenvalue weighted by molar-refractivity contribution is 0.181. The number of amides is 1. The molecule has 0 radical (unpaired) electrons. The molecule has 0 aliphatic carbocycles. The van der Waals surface area contributed by atoms with Gasteiger partial charge in [-0.05, 0) is 17.7 Å². The summed E-state index contributed by atoms with van der Waals surface area (Å²) in [5.41, 5.74) is 6.74. The van der Waals surface area contributed by atoms with Crippen LogP contribution in [0, 0.1) is 5.82 Å². The summed E-state index contributed by atoms with van der Waals surface area (Å²) >= 11 is 0. The molecular formula is C10H12ClFN2O2. The number of ether oxygens (including phenoxy) is 1. The van der Waals surface area contributed by atoms with Gasteiger partial charge in [-0.1, -0.05) is 6.07 Å². The molecule has 2 N–H and O–H groups in total. The zero-order valence-electron chi connectivity index (χ0n) is 8.48. The van der Waals surface area contributed by atoms with E-state index in [9.17, 15) is 9.18 Å². The van der Waals surface area contributed by atoms with Crippen LogP contribution in [-0.4, -0.2) is 19.2 Å². The Labute approximate surface area is 98.6 Å². The van der Waals surface area contributed by atoms with Crippen molar-refractivity contribution in [2.75, 3.05) is 18.1 Å². The van der Waals surface area contributed by atoms with E-state index in [0.717, 1.165) is 5.56 Å². The molecule has 1 amide bonds. The van der Waals surface area contributed by atoms with Gasteiger partial charge in [0.15, 0.2) is 0 Å². The Morgan fingerprint density at radius 2 is 2.25 bits per heavy atom. The van der Waals surface area contributed by atoms with Gasteiger partial charge in [0.05, 0.1) is 12.2 Å². The van der Waals surface area contributed by atoms with Crippen LogP contribution < -0.4 is 10.6 Å². The number of halogens is 2. The van der Waals surface area contributed by atoms with Gasteiger partial charge in [-0.25, -0.2) is 9.18 Å². The molecule has 0 atom stereocenters. The minimum Gasteiger partial charge on any atom is -0.447 e. The Bertz CT molecular complexity index is 400. The molecule has 0 spiro atoms. The Kier molecular flexibility index (Phi) is 4.09. The molecule has 0 unspecified atom stereocenters. The topological polar surface area (TPSA) is 55.6 Å². The van der Waals surface area contributed by atoms with Gasteiger partial charge < -0.3 is 10.5 Å². The first kappa shape index (κ1) is 12.7. The van der Waals surface area contributed by atoms with Gasteiger partial charge in [-0.15, -0.1) is 12.4 Å². The molecule has 0 aromatic heterocycles. The summed E-state index contributed by atoms with van der Waals surface area (Å²) in [6, 6.07) is 4.21. The first-order valence-electron chi connectivity index (χ1n) is 4.65. The molecular weight excluding hydrogens is 235 g/mol. The minimum absolute atomic E-state index is 0. The van der Waals surface area contributed by atoms with Crippen molar-refractivity contribution < 1.29 is 13.9 Å². The molecule has 4 nitrogen and oxygen atoms in total. The van der Waals surface area contributed by atoms with Gasteiger partial charge in [0.25, 0.3) is 0 Å². The molecule has 0 saturated carbocycles. The van der Waals surface area contributed by atoms with Gasteiger partial charge in [0.2, 0.25) is 0 Å². The van der Waals surface area contributed by atoms with Crippen LogP contribution in [0.2, 0.25) is 0 Å². The number of carbonyl (C=O) groups excluding carboxylic acids is 1. The number of cyclic esters (lactones) is 1. The number of nitrogens with two attached hydrogens (primary N) is 1. The van der Waals surface area contributed by atoms with E-state index in [0.29, 0.717) is 18.8 Å². The van der Waals surface area contributed by atoms with Crippen LogP contribution in [-0.2, 0) is 11.3 Å². The number of rotatable bonds is 2. The van der Waals surface area contributed by atoms with Crippen LogP contribution in [0.25, 0.3) is 0 Å². The normalized spacial score (nSPS) is 14.6. The largest absolute Gasteiger partial charge is 0.447 e. The van der Waals surface area contributed by atoms with E-state index >= 15 is 0 Å². The average Bonchev–Trinajstić information content (AvgIpc) is 2.64. The molecule has 16 heavy (non-hydrogen) atoms. The Balaban J connectivity index is 0.00000128. The van der Waals surface area contributed by atoms with Crippen LogP contribution in [0.15, 0.2) is 18.2 Å². The molecule has 2 rings (SSSR count). The summed E-state index contributed by atoms with van der Waals surface area (Å²) < 4.78 is 17.8. The number of hydrogen-bond donors (Lipinski definition) is 1. The highest BCUT2D eigenvalue weighted by molar-refractivity contribution is 5.90. The van der Waals surface area contributed by atoms with E-state index < -0.39 is 6.09 Å². The molecule has 1 aliphatic rings. The lowest BCUT2D eigenvalue weighted by Gasteiger charge is -2.16. The molecule has 6 heteroatoms. The van der Waals surface area contributed by atoms with E-state index in [1.165, 1.54) is 17.0 Å². The maximum atomic E-state index is 13.0. The maximum Gasteiger partial charge on any atom is 0.414 e. The molecule has 1 aromatic carbocycles. The van der Waals surface area contributed by atoms with Gasteiger partial charge in [-0.2, -0.15) is 0 Å². The summed E-state index contributed by atoms with van der Waals surface area (Å²) in [4.78, 5) is 12.7. The van der Waals surface area contributed by atoms with Crippen LogP contribution in [0.5, 0.6) is 0 Å². The zero-order valence-corrected chi connectivity index (χ0v) is 9.30. The predicted molar refractivity (Wildman–Crippen MR) is 60.2 cm³/mol. The lowest BCUT2D eigenvalue weighted by Crippen LogP contribution is -2.25. The zero-order chi connectivity index (χ0) is 10.8. The van der Waals surface area contributed by atoms with E-state index in [1.54, 1.807) is 6.07 Å². The highest BCUT2D eigenvalue weighted by Gasteiger charge is 2.25. The quantitative estimate of drug-likeness (QED) is 0.864. The molecule has 1 heterocycles. The highest BCUT2D eigenvalue weighted by atomic mass is 35.5. The lowest BCUT2D eigenvalue weighted by atomic mass is 10.1. The van der Waals surface area contributed by atoms with Crippen molar-refractivity contribution >= 4 is 24.2 Å². The van der Waals surface area contributed by atoms with Crippen molar-refractivity contribution in [3.05, 3.63) is 29.6 Å². The Hall–Kier alpha value is -1.33. The number of hydrogen-bond acceptors (Lipinski definition) is 3. The molecule has 0 bridgehead atoms. The van der Waals surface area contributed by atoms with Crippen molar-refractivity contribution in [1.82, 2.24) is 0 Å². The van der Waals surface area contributed by atoms with Crippen molar-refractivity contribution in [1.29, 1.82) is 0 Å². The standard InChI is InChI=1S/C10H11FN2O2.ClH/c11-8-2-1-7(6-12)9(5-8)13-3-4-15-10(13)14;/h1-2,5H,3-4,6,12H2;1H. The van der Waals surface area contributed by atoms with Crippen molar-refractivity contribution in [2.24, 2.45) is 5.73 Å². The number of anilines is 1. The van der Waals surface area contributed by atoms with Crippen molar-refractivity contribution in [3.63, 3.8) is 0 Å². The van der Waals surface area contributed by atoms with Gasteiger partial charge in [-0.3, -0.25) is 4.90 Å². The van der Waals surface area contributed by atoms with Crippen molar-refractivity contribution in [3.8, 4) is 0 Å². The third kappa shape index (κ3) is 2.25. The Morgan fingerprint density at radius 3 is 2.81 bits per heavy atom. The fourth-order valence-electron chi connectivity index (χ4n) is 1.57. The first-order chi connectivity index (χ1) is 7.22. The van der Waals surface area contributed by atoms with Gasteiger partial charge in [0.1, 0.15) is 12.4 Å². The van der Waals surface area contributed by atoms with Crippen LogP contribution in [0.3, 0.4) is 0 Å². The highest BCUT2D eigenvalue weighted by Crippen LogP contribution is 2.24. The van der Waals surface area contributed by atoms with Gasteiger partial charge in [0, 0.05) is 6.54 Å². The van der Waals surface area contributed by atoms with E-state index in [1.807, 2.05) is 0 Å². The van der Waals surface area contributed by atoms with Crippen molar-refractivity contribution in [2.45, 2.75) is 6.54 Å². The molecule has 1 aromatic rings. The van der Waals surface area contributed by atoms with E-state index in [-0.39, 0.29) is 24.8 Å². The summed E-state index contributed by atoms with van der Waals surface area (Å²) in [6.45, 7) is 1.04. The number of nitrogens with zero attached hydrogens (tertiary/aromatic N) is 1. The average molecular weight is 247 g/mol. The minimum atomic E-state index is -0.449. The van der Waals surface area contributed by atoms with Crippen LogP contribution in [0.1, 0.15) is 5.56 Å². The third-order valence-electron chi connectivity index (χ3n) is 2.32. The summed E-state index contributed by atoms with van der Waals surface area (Å²) in [5.74, 6) is -0.387. The molecule has 1 fully saturated rings. The third-order valence-corrected chi connectivity index (χ3v) is 2.32. The monoisotopic (exact) mass is 246 g/mol. The summed E-state index contributed by atoms with van der Waals surface area (Å²) in [5, 5.41) is 0. The second-order valence-electron chi connectivity index (χ2n) is 3.24.